The van der Waals surface area contributed by atoms with Gasteiger partial charge in [-0.2, -0.15) is 0 Å². The molecule has 0 saturated heterocycles. The molecule has 0 bridgehead atoms. The minimum atomic E-state index is -0.338. The van der Waals surface area contributed by atoms with Crippen molar-refractivity contribution in [2.45, 2.75) is 36.7 Å². The van der Waals surface area contributed by atoms with Crippen LogP contribution in [0.4, 0.5) is 4.39 Å². The Bertz CT molecular complexity index is 927. The molecule has 3 aromatic rings. The van der Waals surface area contributed by atoms with Gasteiger partial charge in [-0.25, -0.2) is 4.39 Å². The molecule has 28 heavy (non-hydrogen) atoms. The summed E-state index contributed by atoms with van der Waals surface area (Å²) in [6, 6.07) is 16.0. The molecule has 0 aliphatic rings. The van der Waals surface area contributed by atoms with Crippen LogP contribution in [0.15, 0.2) is 59.8 Å². The first-order valence-corrected chi connectivity index (χ1v) is 9.96. The van der Waals surface area contributed by atoms with Crippen LogP contribution in [0.3, 0.4) is 0 Å². The van der Waals surface area contributed by atoms with Gasteiger partial charge in [-0.3, -0.25) is 4.79 Å². The van der Waals surface area contributed by atoms with Crippen LogP contribution in [0.2, 0.25) is 0 Å². The largest absolute Gasteiger partial charge is 0.349 e. The third-order valence-corrected chi connectivity index (χ3v) is 5.64. The molecule has 1 aromatic heterocycles. The van der Waals surface area contributed by atoms with Gasteiger partial charge in [0.15, 0.2) is 5.16 Å². The molecule has 146 valence electrons. The van der Waals surface area contributed by atoms with Crippen LogP contribution in [-0.2, 0) is 18.3 Å². The summed E-state index contributed by atoms with van der Waals surface area (Å²) in [5.41, 5.74) is 2.02. The fraction of sp³-hybridized carbons (Fsp3) is 0.286. The molecule has 2 atom stereocenters. The maximum absolute atomic E-state index is 13.1. The number of halogens is 1. The number of hydrogen-bond acceptors (Lipinski definition) is 4. The molecule has 5 nitrogen and oxygen atoms in total. The summed E-state index contributed by atoms with van der Waals surface area (Å²) < 4.78 is 15.0. The van der Waals surface area contributed by atoms with E-state index >= 15 is 0 Å². The van der Waals surface area contributed by atoms with Gasteiger partial charge in [0.25, 0.3) is 0 Å². The lowest BCUT2D eigenvalue weighted by atomic mass is 10.1. The number of aromatic nitrogens is 3. The van der Waals surface area contributed by atoms with Crippen LogP contribution in [-0.4, -0.2) is 25.9 Å². The minimum absolute atomic E-state index is 0.102. The fourth-order valence-corrected chi connectivity index (χ4v) is 3.60. The molecule has 3 rings (SSSR count). The van der Waals surface area contributed by atoms with Crippen molar-refractivity contribution in [3.05, 3.63) is 77.4 Å². The van der Waals surface area contributed by atoms with Gasteiger partial charge >= 0.3 is 0 Å². The molecule has 0 spiro atoms. The van der Waals surface area contributed by atoms with Gasteiger partial charge in [0.2, 0.25) is 5.91 Å². The number of carbonyl (C=O) groups is 1. The van der Waals surface area contributed by atoms with Crippen molar-refractivity contribution in [2.24, 2.45) is 7.05 Å². The number of nitrogens with zero attached hydrogens (tertiary/aromatic N) is 3. The van der Waals surface area contributed by atoms with Crippen molar-refractivity contribution in [3.8, 4) is 0 Å². The molecule has 1 N–H and O–H groups in total. The standard InChI is InChI=1S/C21H23FN4OS/c1-14(17-9-11-18(22)12-10-17)23-20(27)15(2)28-21-25-24-19(26(21)3)13-16-7-5-4-6-8-16/h4-12,14-15H,13H2,1-3H3,(H,23,27)/t14-,15+/m0/s1. The van der Waals surface area contributed by atoms with Gasteiger partial charge < -0.3 is 9.88 Å². The highest BCUT2D eigenvalue weighted by molar-refractivity contribution is 8.00. The second-order valence-corrected chi connectivity index (χ2v) is 7.97. The molecule has 0 radical (unpaired) electrons. The lowest BCUT2D eigenvalue weighted by Crippen LogP contribution is -2.33. The summed E-state index contributed by atoms with van der Waals surface area (Å²) >= 11 is 1.37. The number of amides is 1. The van der Waals surface area contributed by atoms with E-state index in [2.05, 4.69) is 27.6 Å². The summed E-state index contributed by atoms with van der Waals surface area (Å²) in [6.07, 6.45) is 0.688. The molecule has 0 saturated carbocycles. The predicted molar refractivity (Wildman–Crippen MR) is 109 cm³/mol. The average Bonchev–Trinajstić information content (AvgIpc) is 3.02. The summed E-state index contributed by atoms with van der Waals surface area (Å²) in [5.74, 6) is 0.454. The molecule has 0 aliphatic heterocycles. The van der Waals surface area contributed by atoms with Crippen molar-refractivity contribution < 1.29 is 9.18 Å². The lowest BCUT2D eigenvalue weighted by molar-refractivity contribution is -0.120. The van der Waals surface area contributed by atoms with Gasteiger partial charge in [0.1, 0.15) is 11.6 Å². The Morgan fingerprint density at radius 3 is 2.46 bits per heavy atom. The number of carbonyl (C=O) groups excluding carboxylic acids is 1. The zero-order chi connectivity index (χ0) is 20.1. The van der Waals surface area contributed by atoms with Crippen molar-refractivity contribution in [1.29, 1.82) is 0 Å². The quantitative estimate of drug-likeness (QED) is 0.613. The zero-order valence-corrected chi connectivity index (χ0v) is 16.9. The van der Waals surface area contributed by atoms with Crippen LogP contribution in [0.1, 0.15) is 36.8 Å². The average molecular weight is 399 g/mol. The van der Waals surface area contributed by atoms with Crippen LogP contribution < -0.4 is 5.32 Å². The van der Waals surface area contributed by atoms with Crippen LogP contribution >= 0.6 is 11.8 Å². The van der Waals surface area contributed by atoms with E-state index in [1.165, 1.54) is 23.9 Å². The van der Waals surface area contributed by atoms with E-state index in [4.69, 9.17) is 0 Å². The van der Waals surface area contributed by atoms with E-state index in [0.717, 1.165) is 17.0 Å². The summed E-state index contributed by atoms with van der Waals surface area (Å²) in [5, 5.41) is 11.8. The number of thioether (sulfide) groups is 1. The Kier molecular flexibility index (Phi) is 6.46. The van der Waals surface area contributed by atoms with Crippen LogP contribution in [0.5, 0.6) is 0 Å². The third-order valence-electron chi connectivity index (χ3n) is 4.51. The fourth-order valence-electron chi connectivity index (χ4n) is 2.76. The summed E-state index contributed by atoms with van der Waals surface area (Å²) in [7, 11) is 1.91. The normalized spacial score (nSPS) is 13.1. The third kappa shape index (κ3) is 4.98. The van der Waals surface area contributed by atoms with E-state index in [-0.39, 0.29) is 23.0 Å². The Morgan fingerprint density at radius 2 is 1.79 bits per heavy atom. The first kappa shape index (κ1) is 20.1. The highest BCUT2D eigenvalue weighted by atomic mass is 32.2. The Labute approximate surface area is 168 Å². The predicted octanol–water partition coefficient (Wildman–Crippen LogP) is 3.90. The highest BCUT2D eigenvalue weighted by Crippen LogP contribution is 2.23. The molecule has 1 heterocycles. The molecule has 7 heteroatoms. The van der Waals surface area contributed by atoms with Gasteiger partial charge in [-0.15, -0.1) is 10.2 Å². The molecular weight excluding hydrogens is 375 g/mol. The topological polar surface area (TPSA) is 59.8 Å². The SMILES string of the molecule is C[C@H](NC(=O)[C@@H](C)Sc1nnc(Cc2ccccc2)n1C)c1ccc(F)cc1. The lowest BCUT2D eigenvalue weighted by Gasteiger charge is -2.17. The molecular formula is C21H23FN4OS. The van der Waals surface area contributed by atoms with E-state index in [0.29, 0.717) is 11.6 Å². The van der Waals surface area contributed by atoms with Crippen LogP contribution in [0, 0.1) is 5.82 Å². The smallest absolute Gasteiger partial charge is 0.233 e. The second-order valence-electron chi connectivity index (χ2n) is 6.66. The van der Waals surface area contributed by atoms with E-state index in [1.54, 1.807) is 12.1 Å². The van der Waals surface area contributed by atoms with E-state index < -0.39 is 0 Å². The van der Waals surface area contributed by atoms with E-state index in [1.807, 2.05) is 43.7 Å². The van der Waals surface area contributed by atoms with Crippen molar-refractivity contribution >= 4 is 17.7 Å². The molecule has 0 aliphatic carbocycles. The molecule has 1 amide bonds. The molecule has 0 fully saturated rings. The first-order chi connectivity index (χ1) is 13.4. The van der Waals surface area contributed by atoms with E-state index in [9.17, 15) is 9.18 Å². The maximum Gasteiger partial charge on any atom is 0.233 e. The Morgan fingerprint density at radius 1 is 1.11 bits per heavy atom. The number of nitrogens with one attached hydrogen (secondary N) is 1. The summed E-state index contributed by atoms with van der Waals surface area (Å²) in [6.45, 7) is 3.71. The van der Waals surface area contributed by atoms with Gasteiger partial charge in [0.05, 0.1) is 11.3 Å². The Hall–Kier alpha value is -2.67. The zero-order valence-electron chi connectivity index (χ0n) is 16.1. The Balaban J connectivity index is 1.60. The minimum Gasteiger partial charge on any atom is -0.349 e. The van der Waals surface area contributed by atoms with Crippen molar-refractivity contribution in [3.63, 3.8) is 0 Å². The number of benzene rings is 2. The molecule has 0 unspecified atom stereocenters. The number of hydrogen-bond donors (Lipinski definition) is 1. The monoisotopic (exact) mass is 398 g/mol. The van der Waals surface area contributed by atoms with Crippen molar-refractivity contribution in [2.75, 3.05) is 0 Å². The highest BCUT2D eigenvalue weighted by Gasteiger charge is 2.20. The van der Waals surface area contributed by atoms with Gasteiger partial charge in [0, 0.05) is 13.5 Å². The van der Waals surface area contributed by atoms with Gasteiger partial charge in [-0.1, -0.05) is 54.2 Å². The molecule has 2 aromatic carbocycles. The van der Waals surface area contributed by atoms with Gasteiger partial charge in [-0.05, 0) is 37.1 Å². The number of rotatable bonds is 7. The maximum atomic E-state index is 13.1. The van der Waals surface area contributed by atoms with Crippen LogP contribution in [0.25, 0.3) is 0 Å². The first-order valence-electron chi connectivity index (χ1n) is 9.08. The van der Waals surface area contributed by atoms with Crippen molar-refractivity contribution in [1.82, 2.24) is 20.1 Å². The summed E-state index contributed by atoms with van der Waals surface area (Å²) in [4.78, 5) is 12.5. The second kappa shape index (κ2) is 9.01.